The molecule has 0 radical (unpaired) electrons. The van der Waals surface area contributed by atoms with E-state index < -0.39 is 20.3 Å². The Morgan fingerprint density at radius 3 is 2.32 bits per heavy atom. The Labute approximate surface area is 116 Å². The first kappa shape index (κ1) is 13.8. The molecule has 2 aromatic carbocycles. The van der Waals surface area contributed by atoms with Crippen molar-refractivity contribution in [3.05, 3.63) is 36.4 Å². The number of nitrogen functional groups attached to an aromatic ring is 1. The van der Waals surface area contributed by atoms with Gasteiger partial charge in [-0.1, -0.05) is 35.9 Å². The predicted molar refractivity (Wildman–Crippen MR) is 75.9 cm³/mol. The van der Waals surface area contributed by atoms with Gasteiger partial charge in [-0.3, -0.25) is 4.79 Å². The highest BCUT2D eigenvalue weighted by molar-refractivity contribution is 7.94. The van der Waals surface area contributed by atoms with Gasteiger partial charge < -0.3 is 5.73 Å². The van der Waals surface area contributed by atoms with Crippen molar-refractivity contribution in [3.8, 4) is 0 Å². The monoisotopic (exact) mass is 297 g/mol. The van der Waals surface area contributed by atoms with Gasteiger partial charge in [-0.25, -0.2) is 8.42 Å². The van der Waals surface area contributed by atoms with E-state index in [0.29, 0.717) is 16.5 Å². The zero-order valence-corrected chi connectivity index (χ0v) is 11.7. The summed E-state index contributed by atoms with van der Waals surface area (Å²) in [6, 6.07) is 9.71. The Kier molecular flexibility index (Phi) is 3.52. The van der Waals surface area contributed by atoms with Gasteiger partial charge in [-0.15, -0.1) is 0 Å². The Bertz CT molecular complexity index is 756. The lowest BCUT2D eigenvalue weighted by atomic mass is 10.1. The molecule has 0 aliphatic rings. The van der Waals surface area contributed by atoms with Crippen molar-refractivity contribution in [1.82, 2.24) is 0 Å². The molecule has 2 rings (SSSR count). The molecule has 2 N–H and O–H groups in total. The minimum atomic E-state index is -3.92. The summed E-state index contributed by atoms with van der Waals surface area (Å²) >= 11 is 5.71. The highest BCUT2D eigenvalue weighted by Gasteiger charge is 2.30. The van der Waals surface area contributed by atoms with Crippen LogP contribution in [0.3, 0.4) is 0 Å². The molecule has 0 amide bonds. The van der Waals surface area contributed by atoms with Gasteiger partial charge in [0.15, 0.2) is 10.5 Å². The largest absolute Gasteiger partial charge is 0.398 e. The molecule has 1 unspecified atom stereocenters. The van der Waals surface area contributed by atoms with Gasteiger partial charge in [0.25, 0.3) is 0 Å². The fraction of sp³-hybridized carbons (Fsp3) is 0.154. The average molecular weight is 298 g/mol. The van der Waals surface area contributed by atoms with Crippen LogP contribution in [0.25, 0.3) is 10.8 Å². The first-order chi connectivity index (χ1) is 8.85. The highest BCUT2D eigenvalue weighted by atomic mass is 35.5. The van der Waals surface area contributed by atoms with Gasteiger partial charge in [0.1, 0.15) is 0 Å². The van der Waals surface area contributed by atoms with Crippen molar-refractivity contribution in [3.63, 3.8) is 0 Å². The lowest BCUT2D eigenvalue weighted by Gasteiger charge is -2.12. The summed E-state index contributed by atoms with van der Waals surface area (Å²) in [5, 5.41) is 1.09. The molecular weight excluding hydrogens is 286 g/mol. The number of nitrogens with two attached hydrogens (primary N) is 1. The number of sulfone groups is 1. The molecule has 0 aromatic heterocycles. The number of hydrogen-bond acceptors (Lipinski definition) is 4. The Morgan fingerprint density at radius 2 is 1.74 bits per heavy atom. The minimum Gasteiger partial charge on any atom is -0.398 e. The van der Waals surface area contributed by atoms with E-state index in [1.54, 1.807) is 24.3 Å². The molecule has 4 nitrogen and oxygen atoms in total. The second-order valence-corrected chi connectivity index (χ2v) is 6.87. The molecule has 19 heavy (non-hydrogen) atoms. The van der Waals surface area contributed by atoms with Crippen LogP contribution in [0.5, 0.6) is 0 Å². The summed E-state index contributed by atoms with van der Waals surface area (Å²) in [5.74, 6) is -0.609. The Hall–Kier alpha value is -1.59. The van der Waals surface area contributed by atoms with Crippen LogP contribution in [0.2, 0.25) is 0 Å². The predicted octanol–water partition coefficient (Wildman–Crippen LogP) is 2.35. The molecule has 6 heteroatoms. The quantitative estimate of drug-likeness (QED) is 0.697. The number of carbonyl (C=O) groups excluding carboxylic acids is 1. The summed E-state index contributed by atoms with van der Waals surface area (Å²) in [6.45, 7) is 1.15. The smallest absolute Gasteiger partial charge is 0.202 e. The van der Waals surface area contributed by atoms with E-state index in [2.05, 4.69) is 0 Å². The van der Waals surface area contributed by atoms with Crippen molar-refractivity contribution < 1.29 is 13.2 Å². The van der Waals surface area contributed by atoms with E-state index >= 15 is 0 Å². The van der Waals surface area contributed by atoms with Crippen LogP contribution in [0.4, 0.5) is 5.69 Å². The first-order valence-electron chi connectivity index (χ1n) is 5.51. The summed E-state index contributed by atoms with van der Waals surface area (Å²) in [6.07, 6.45) is 0. The molecule has 0 bridgehead atoms. The van der Waals surface area contributed by atoms with Crippen molar-refractivity contribution in [2.75, 3.05) is 5.73 Å². The van der Waals surface area contributed by atoms with Gasteiger partial charge in [0.2, 0.25) is 9.84 Å². The van der Waals surface area contributed by atoms with Crippen LogP contribution in [-0.4, -0.2) is 18.9 Å². The molecule has 100 valence electrons. The number of anilines is 1. The van der Waals surface area contributed by atoms with Crippen molar-refractivity contribution in [2.24, 2.45) is 0 Å². The van der Waals surface area contributed by atoms with Crippen molar-refractivity contribution in [1.29, 1.82) is 0 Å². The normalized spacial score (nSPS) is 13.4. The summed E-state index contributed by atoms with van der Waals surface area (Å²) in [5.41, 5.74) is 6.28. The van der Waals surface area contributed by atoms with Crippen LogP contribution < -0.4 is 5.73 Å². The maximum Gasteiger partial charge on any atom is 0.202 e. The molecule has 0 aliphatic carbocycles. The highest BCUT2D eigenvalue weighted by Crippen LogP contribution is 2.30. The van der Waals surface area contributed by atoms with Crippen LogP contribution in [0.15, 0.2) is 41.3 Å². The van der Waals surface area contributed by atoms with E-state index in [1.165, 1.54) is 12.1 Å². The van der Waals surface area contributed by atoms with Crippen LogP contribution in [0.1, 0.15) is 6.92 Å². The number of rotatable bonds is 3. The Balaban J connectivity index is 2.78. The number of alkyl halides is 1. The molecule has 1 atom stereocenters. The second-order valence-electron chi connectivity index (χ2n) is 4.17. The molecular formula is C13H12ClNO3S. The third-order valence-corrected chi connectivity index (χ3v) is 5.67. The summed E-state index contributed by atoms with van der Waals surface area (Å²) < 4.78 is 23.0. The fourth-order valence-corrected chi connectivity index (χ4v) is 3.56. The topological polar surface area (TPSA) is 77.2 Å². The minimum absolute atomic E-state index is 0.0208. The number of fused-ring (bicyclic) bond motifs is 1. The molecule has 0 saturated carbocycles. The maximum absolute atomic E-state index is 12.3. The number of hydrogen-bond donors (Lipinski definition) is 1. The van der Waals surface area contributed by atoms with Gasteiger partial charge >= 0.3 is 0 Å². The fourth-order valence-electron chi connectivity index (χ4n) is 1.87. The lowest BCUT2D eigenvalue weighted by molar-refractivity contribution is -0.115. The molecule has 2 aromatic rings. The first-order valence-corrected chi connectivity index (χ1v) is 7.49. The third-order valence-electron chi connectivity index (χ3n) is 2.82. The van der Waals surface area contributed by atoms with Crippen LogP contribution in [0, 0.1) is 0 Å². The van der Waals surface area contributed by atoms with E-state index in [0.717, 1.165) is 6.92 Å². The molecule has 0 aliphatic heterocycles. The standard InChI is InChI=1S/C13H12ClNO3S/c1-8(16)13(14)19(17,18)12-7-6-11(15)9-4-2-3-5-10(9)12/h2-7,13H,15H2,1H3. The second kappa shape index (κ2) is 4.83. The Morgan fingerprint density at radius 1 is 1.16 bits per heavy atom. The van der Waals surface area contributed by atoms with Crippen LogP contribution in [-0.2, 0) is 14.6 Å². The summed E-state index contributed by atoms with van der Waals surface area (Å²) in [4.78, 5) is 11.3. The molecule has 0 saturated heterocycles. The van der Waals surface area contributed by atoms with Crippen LogP contribution >= 0.6 is 11.6 Å². The molecule has 0 fully saturated rings. The van der Waals surface area contributed by atoms with Gasteiger partial charge in [0, 0.05) is 16.5 Å². The van der Waals surface area contributed by atoms with E-state index in [-0.39, 0.29) is 4.90 Å². The van der Waals surface area contributed by atoms with Crippen molar-refractivity contribution >= 4 is 43.7 Å². The number of Topliss-reactive ketones (excluding diaryl/α,β-unsaturated/α-hetero) is 1. The molecule has 0 spiro atoms. The van der Waals surface area contributed by atoms with Gasteiger partial charge in [-0.05, 0) is 19.1 Å². The van der Waals surface area contributed by atoms with Crippen molar-refractivity contribution in [2.45, 2.75) is 16.5 Å². The summed E-state index contributed by atoms with van der Waals surface area (Å²) in [7, 11) is -3.92. The van der Waals surface area contributed by atoms with E-state index in [4.69, 9.17) is 17.3 Å². The number of benzene rings is 2. The molecule has 0 heterocycles. The van der Waals surface area contributed by atoms with E-state index in [9.17, 15) is 13.2 Å². The SMILES string of the molecule is CC(=O)C(Cl)S(=O)(=O)c1ccc(N)c2ccccc12. The maximum atomic E-state index is 12.3. The number of carbonyl (C=O) groups is 1. The zero-order chi connectivity index (χ0) is 14.2. The number of halogens is 1. The number of ketones is 1. The van der Waals surface area contributed by atoms with E-state index in [1.807, 2.05) is 0 Å². The van der Waals surface area contributed by atoms with Gasteiger partial charge in [-0.2, -0.15) is 0 Å². The van der Waals surface area contributed by atoms with Gasteiger partial charge in [0.05, 0.1) is 4.90 Å². The zero-order valence-electron chi connectivity index (χ0n) is 10.1. The third kappa shape index (κ3) is 2.31. The average Bonchev–Trinajstić information content (AvgIpc) is 2.38. The lowest BCUT2D eigenvalue weighted by Crippen LogP contribution is -2.23.